The minimum absolute atomic E-state index is 0.331. The average Bonchev–Trinajstić information content (AvgIpc) is 2.24. The number of carbonyl (C=O) groups excluding carboxylic acids is 1. The van der Waals surface area contributed by atoms with E-state index < -0.39 is 0 Å². The Morgan fingerprint density at radius 3 is 2.67 bits per heavy atom. The number of Topliss-reactive ketones (excluding diaryl/α,β-unsaturated/α-hetero) is 1. The fourth-order valence-corrected chi connectivity index (χ4v) is 1.99. The molecule has 1 aromatic rings. The van der Waals surface area contributed by atoms with Crippen molar-refractivity contribution in [1.29, 1.82) is 0 Å². The minimum Gasteiger partial charge on any atom is -0.295 e. The molecule has 2 rings (SSSR count). The van der Waals surface area contributed by atoms with Crippen molar-refractivity contribution in [3.63, 3.8) is 0 Å². The van der Waals surface area contributed by atoms with E-state index in [1.165, 1.54) is 0 Å². The summed E-state index contributed by atoms with van der Waals surface area (Å²) < 4.78 is 0. The van der Waals surface area contributed by atoms with E-state index in [1.807, 2.05) is 36.4 Å². The third-order valence-electron chi connectivity index (χ3n) is 2.94. The van der Waals surface area contributed by atoms with Gasteiger partial charge >= 0.3 is 0 Å². The highest BCUT2D eigenvalue weighted by molar-refractivity contribution is 6.00. The van der Waals surface area contributed by atoms with E-state index in [0.717, 1.165) is 30.4 Å². The highest BCUT2D eigenvalue weighted by Crippen LogP contribution is 2.26. The standard InChI is InChI=1S/C14H16O/c1-11-7-8-13(14(15)9-11)10-12-5-3-2-4-6-12/h2-6,10-11H,7-9H2,1H3/b13-10+/t11-/m1/s1. The summed E-state index contributed by atoms with van der Waals surface area (Å²) in [7, 11) is 0. The highest BCUT2D eigenvalue weighted by atomic mass is 16.1. The number of ketones is 1. The molecule has 1 fully saturated rings. The van der Waals surface area contributed by atoms with Gasteiger partial charge in [0, 0.05) is 6.42 Å². The predicted molar refractivity (Wildman–Crippen MR) is 62.4 cm³/mol. The Morgan fingerprint density at radius 2 is 2.00 bits per heavy atom. The molecular weight excluding hydrogens is 184 g/mol. The van der Waals surface area contributed by atoms with Crippen molar-refractivity contribution in [1.82, 2.24) is 0 Å². The van der Waals surface area contributed by atoms with Gasteiger partial charge in [0.05, 0.1) is 0 Å². The van der Waals surface area contributed by atoms with Crippen molar-refractivity contribution >= 4 is 11.9 Å². The Kier molecular flexibility index (Phi) is 3.00. The molecule has 15 heavy (non-hydrogen) atoms. The second-order valence-electron chi connectivity index (χ2n) is 4.35. The number of benzene rings is 1. The Balaban J connectivity index is 2.17. The van der Waals surface area contributed by atoms with Crippen LogP contribution < -0.4 is 0 Å². The molecule has 1 aromatic carbocycles. The van der Waals surface area contributed by atoms with Crippen LogP contribution >= 0.6 is 0 Å². The van der Waals surface area contributed by atoms with Gasteiger partial charge in [0.2, 0.25) is 0 Å². The van der Waals surface area contributed by atoms with Crippen molar-refractivity contribution in [2.45, 2.75) is 26.2 Å². The van der Waals surface area contributed by atoms with E-state index in [9.17, 15) is 4.79 Å². The van der Waals surface area contributed by atoms with Crippen LogP contribution in [0.3, 0.4) is 0 Å². The molecule has 0 N–H and O–H groups in total. The molecule has 1 saturated carbocycles. The Hall–Kier alpha value is -1.37. The Bertz CT molecular complexity index is 376. The van der Waals surface area contributed by atoms with E-state index in [4.69, 9.17) is 0 Å². The average molecular weight is 200 g/mol. The van der Waals surface area contributed by atoms with Gasteiger partial charge in [0.1, 0.15) is 0 Å². The number of hydrogen-bond donors (Lipinski definition) is 0. The molecule has 0 radical (unpaired) electrons. The van der Waals surface area contributed by atoms with Crippen LogP contribution in [0.2, 0.25) is 0 Å². The lowest BCUT2D eigenvalue weighted by Crippen LogP contribution is -2.15. The lowest BCUT2D eigenvalue weighted by atomic mass is 9.85. The molecule has 1 atom stereocenters. The monoisotopic (exact) mass is 200 g/mol. The lowest BCUT2D eigenvalue weighted by molar-refractivity contribution is -0.117. The van der Waals surface area contributed by atoms with Gasteiger partial charge in [-0.05, 0) is 36.0 Å². The second kappa shape index (κ2) is 4.43. The molecule has 1 nitrogen and oxygen atoms in total. The maximum Gasteiger partial charge on any atom is 0.159 e. The first kappa shape index (κ1) is 10.2. The van der Waals surface area contributed by atoms with Crippen LogP contribution in [0.15, 0.2) is 35.9 Å². The second-order valence-corrected chi connectivity index (χ2v) is 4.35. The predicted octanol–water partition coefficient (Wildman–Crippen LogP) is 3.46. The van der Waals surface area contributed by atoms with Gasteiger partial charge in [-0.3, -0.25) is 4.79 Å². The van der Waals surface area contributed by atoms with Crippen LogP contribution in [0.5, 0.6) is 0 Å². The van der Waals surface area contributed by atoms with E-state index in [0.29, 0.717) is 11.7 Å². The minimum atomic E-state index is 0.331. The first-order valence-electron chi connectivity index (χ1n) is 5.54. The van der Waals surface area contributed by atoms with E-state index in [-0.39, 0.29) is 0 Å². The maximum atomic E-state index is 11.7. The molecule has 0 bridgehead atoms. The first-order valence-corrected chi connectivity index (χ1v) is 5.54. The Labute approximate surface area is 90.8 Å². The Morgan fingerprint density at radius 1 is 1.27 bits per heavy atom. The van der Waals surface area contributed by atoms with Crippen molar-refractivity contribution in [3.05, 3.63) is 41.5 Å². The lowest BCUT2D eigenvalue weighted by Gasteiger charge is -2.18. The molecule has 0 unspecified atom stereocenters. The normalized spacial score (nSPS) is 24.5. The van der Waals surface area contributed by atoms with Crippen molar-refractivity contribution in [2.75, 3.05) is 0 Å². The zero-order valence-electron chi connectivity index (χ0n) is 9.07. The summed E-state index contributed by atoms with van der Waals surface area (Å²) in [5.41, 5.74) is 2.13. The molecule has 0 aromatic heterocycles. The van der Waals surface area contributed by atoms with E-state index in [2.05, 4.69) is 6.92 Å². The van der Waals surface area contributed by atoms with Gasteiger partial charge in [-0.1, -0.05) is 37.3 Å². The summed E-state index contributed by atoms with van der Waals surface area (Å²) in [5, 5.41) is 0. The highest BCUT2D eigenvalue weighted by Gasteiger charge is 2.19. The molecule has 0 heterocycles. The van der Waals surface area contributed by atoms with Gasteiger partial charge in [-0.2, -0.15) is 0 Å². The summed E-state index contributed by atoms with van der Waals surface area (Å²) >= 11 is 0. The largest absolute Gasteiger partial charge is 0.295 e. The molecule has 0 aliphatic heterocycles. The number of hydrogen-bond acceptors (Lipinski definition) is 1. The zero-order valence-corrected chi connectivity index (χ0v) is 9.07. The topological polar surface area (TPSA) is 17.1 Å². The molecule has 0 amide bonds. The SMILES string of the molecule is C[C@@H]1CC/C(=C\c2ccccc2)C(=O)C1. The van der Waals surface area contributed by atoms with Crippen LogP contribution in [-0.4, -0.2) is 5.78 Å². The molecular formula is C14H16O. The van der Waals surface area contributed by atoms with Gasteiger partial charge in [0.15, 0.2) is 5.78 Å². The molecule has 78 valence electrons. The fraction of sp³-hybridized carbons (Fsp3) is 0.357. The molecule has 1 heteroatoms. The van der Waals surface area contributed by atoms with Crippen LogP contribution in [0.25, 0.3) is 6.08 Å². The zero-order chi connectivity index (χ0) is 10.7. The number of allylic oxidation sites excluding steroid dienone is 1. The molecule has 0 spiro atoms. The van der Waals surface area contributed by atoms with Crippen LogP contribution in [-0.2, 0) is 4.79 Å². The maximum absolute atomic E-state index is 11.7. The first-order chi connectivity index (χ1) is 7.25. The van der Waals surface area contributed by atoms with Gasteiger partial charge < -0.3 is 0 Å². The van der Waals surface area contributed by atoms with Crippen molar-refractivity contribution in [3.8, 4) is 0 Å². The van der Waals surface area contributed by atoms with Gasteiger partial charge in [-0.25, -0.2) is 0 Å². The molecule has 1 aliphatic rings. The molecule has 1 aliphatic carbocycles. The summed E-state index contributed by atoms with van der Waals surface area (Å²) in [5.74, 6) is 0.892. The van der Waals surface area contributed by atoms with Crippen molar-refractivity contribution < 1.29 is 4.79 Å². The van der Waals surface area contributed by atoms with Crippen LogP contribution in [0.4, 0.5) is 0 Å². The summed E-state index contributed by atoms with van der Waals surface area (Å²) in [6.45, 7) is 2.15. The van der Waals surface area contributed by atoms with E-state index >= 15 is 0 Å². The number of rotatable bonds is 1. The molecule has 0 saturated heterocycles. The number of carbonyl (C=O) groups is 1. The van der Waals surface area contributed by atoms with Crippen LogP contribution in [0, 0.1) is 5.92 Å². The quantitative estimate of drug-likeness (QED) is 0.634. The van der Waals surface area contributed by atoms with Crippen molar-refractivity contribution in [2.24, 2.45) is 5.92 Å². The summed E-state index contributed by atoms with van der Waals surface area (Å²) in [6.07, 6.45) is 4.84. The fourth-order valence-electron chi connectivity index (χ4n) is 1.99. The smallest absolute Gasteiger partial charge is 0.159 e. The van der Waals surface area contributed by atoms with E-state index in [1.54, 1.807) is 0 Å². The third kappa shape index (κ3) is 2.56. The third-order valence-corrected chi connectivity index (χ3v) is 2.94. The van der Waals surface area contributed by atoms with Crippen LogP contribution in [0.1, 0.15) is 31.7 Å². The van der Waals surface area contributed by atoms with Gasteiger partial charge in [0.25, 0.3) is 0 Å². The van der Waals surface area contributed by atoms with Gasteiger partial charge in [-0.15, -0.1) is 0 Å². The summed E-state index contributed by atoms with van der Waals surface area (Å²) in [4.78, 5) is 11.7. The summed E-state index contributed by atoms with van der Waals surface area (Å²) in [6, 6.07) is 10.1.